The number of nitrogens with zero attached hydrogens (tertiary/aromatic N) is 5. The Morgan fingerprint density at radius 3 is 2.76 bits per heavy atom. The van der Waals surface area contributed by atoms with E-state index in [-0.39, 0.29) is 5.56 Å². The first-order valence-corrected chi connectivity index (χ1v) is 11.7. The van der Waals surface area contributed by atoms with Gasteiger partial charge < -0.3 is 4.34 Å². The minimum absolute atomic E-state index is 0.0558. The second kappa shape index (κ2) is 6.38. The first-order valence-electron chi connectivity index (χ1n) is 7.63. The maximum absolute atomic E-state index is 12.5. The first kappa shape index (κ1) is 16.5. The number of hydrogen-bond acceptors (Lipinski definition) is 3. The minimum Gasteiger partial charge on any atom is -0.302 e. The molecule has 0 aliphatic rings. The SMILES string of the molecule is Cc1cc(=O)n(-c2ccc3c(c2)ncn3PI)cc1-c1cnn(C)c1. The zero-order chi connectivity index (χ0) is 17.6. The molecule has 8 heteroatoms. The molecule has 0 amide bonds. The van der Waals surface area contributed by atoms with Crippen LogP contribution in [0.1, 0.15) is 5.56 Å². The molecule has 3 heterocycles. The Labute approximate surface area is 158 Å². The highest BCUT2D eigenvalue weighted by molar-refractivity contribution is 14.2. The molecule has 0 aliphatic heterocycles. The number of aromatic nitrogens is 5. The molecule has 3 aromatic heterocycles. The Kier molecular flexibility index (Phi) is 4.21. The third kappa shape index (κ3) is 2.91. The molecule has 4 rings (SSSR count). The van der Waals surface area contributed by atoms with Crippen LogP contribution in [0, 0.1) is 6.92 Å². The first-order chi connectivity index (χ1) is 12.1. The van der Waals surface area contributed by atoms with E-state index >= 15 is 0 Å². The van der Waals surface area contributed by atoms with E-state index < -0.39 is 0 Å². The van der Waals surface area contributed by atoms with Gasteiger partial charge in [-0.2, -0.15) is 5.10 Å². The maximum atomic E-state index is 12.5. The zero-order valence-corrected chi connectivity index (χ0v) is 16.8. The Morgan fingerprint density at radius 1 is 1.20 bits per heavy atom. The molecule has 0 radical (unpaired) electrons. The van der Waals surface area contributed by atoms with Crippen molar-refractivity contribution in [2.24, 2.45) is 7.05 Å². The highest BCUT2D eigenvalue weighted by atomic mass is 127. The van der Waals surface area contributed by atoms with Crippen LogP contribution in [0.25, 0.3) is 27.8 Å². The summed E-state index contributed by atoms with van der Waals surface area (Å²) in [5, 5.41) is 4.23. The summed E-state index contributed by atoms with van der Waals surface area (Å²) in [7, 11) is 1.88. The average Bonchev–Trinajstić information content (AvgIpc) is 3.20. The molecular weight excluding hydrogens is 448 g/mol. The lowest BCUT2D eigenvalue weighted by Crippen LogP contribution is -2.17. The van der Waals surface area contributed by atoms with Gasteiger partial charge in [0.05, 0.1) is 29.2 Å². The van der Waals surface area contributed by atoms with Gasteiger partial charge in [-0.25, -0.2) is 4.98 Å². The van der Waals surface area contributed by atoms with Crippen molar-refractivity contribution in [1.82, 2.24) is 23.7 Å². The van der Waals surface area contributed by atoms with Crippen LogP contribution >= 0.6 is 28.4 Å². The predicted molar refractivity (Wildman–Crippen MR) is 110 cm³/mol. The highest BCUT2D eigenvalue weighted by Crippen LogP contribution is 2.29. The predicted octanol–water partition coefficient (Wildman–Crippen LogP) is 3.69. The van der Waals surface area contributed by atoms with Crippen LogP contribution in [0.15, 0.2) is 54.0 Å². The molecule has 0 aliphatic carbocycles. The van der Waals surface area contributed by atoms with Gasteiger partial charge in [-0.3, -0.25) is 14.0 Å². The van der Waals surface area contributed by atoms with Crippen molar-refractivity contribution < 1.29 is 0 Å². The largest absolute Gasteiger partial charge is 0.302 e. The van der Waals surface area contributed by atoms with E-state index in [9.17, 15) is 4.79 Å². The summed E-state index contributed by atoms with van der Waals surface area (Å²) in [4.78, 5) is 17.0. The smallest absolute Gasteiger partial charge is 0.255 e. The number of aryl methyl sites for hydroxylation is 2. The van der Waals surface area contributed by atoms with E-state index in [0.717, 1.165) is 33.4 Å². The summed E-state index contributed by atoms with van der Waals surface area (Å²) >= 11 is 2.33. The van der Waals surface area contributed by atoms with E-state index in [1.807, 2.05) is 57.1 Å². The van der Waals surface area contributed by atoms with Crippen LogP contribution in [0.3, 0.4) is 0 Å². The number of imidazole rings is 1. The number of benzene rings is 1. The van der Waals surface area contributed by atoms with Crippen molar-refractivity contribution in [3.8, 4) is 16.8 Å². The fraction of sp³-hybridized carbons (Fsp3) is 0.118. The number of hydrogen-bond donors (Lipinski definition) is 0. The van der Waals surface area contributed by atoms with Crippen molar-refractivity contribution in [2.45, 2.75) is 6.92 Å². The van der Waals surface area contributed by atoms with E-state index in [2.05, 4.69) is 36.5 Å². The number of halogens is 1. The fourth-order valence-corrected chi connectivity index (χ4v) is 4.44. The number of pyridine rings is 1. The van der Waals surface area contributed by atoms with Gasteiger partial charge in [0.2, 0.25) is 0 Å². The molecule has 25 heavy (non-hydrogen) atoms. The molecule has 126 valence electrons. The summed E-state index contributed by atoms with van der Waals surface area (Å²) in [5.74, 6) is 0. The van der Waals surface area contributed by atoms with Gasteiger partial charge in [0.1, 0.15) is 0 Å². The summed E-state index contributed by atoms with van der Waals surface area (Å²) in [6.45, 7) is 1.94. The van der Waals surface area contributed by atoms with Gasteiger partial charge in [-0.05, 0) is 52.7 Å². The van der Waals surface area contributed by atoms with Crippen LogP contribution in [-0.2, 0) is 7.05 Å². The molecular formula is C17H15IN5OP. The van der Waals surface area contributed by atoms with Crippen molar-refractivity contribution in [1.29, 1.82) is 0 Å². The molecule has 0 saturated heterocycles. The molecule has 0 fully saturated rings. The summed E-state index contributed by atoms with van der Waals surface area (Å²) in [6.07, 6.45) is 8.07. The third-order valence-corrected chi connectivity index (χ3v) is 6.27. The minimum atomic E-state index is -0.0558. The molecule has 4 aromatic rings. The van der Waals surface area contributed by atoms with Gasteiger partial charge in [0, 0.05) is 43.0 Å². The van der Waals surface area contributed by atoms with Gasteiger partial charge in [0.15, 0.2) is 0 Å². The van der Waals surface area contributed by atoms with Crippen molar-refractivity contribution in [3.63, 3.8) is 0 Å². The third-order valence-electron chi connectivity index (χ3n) is 4.18. The molecule has 0 saturated carbocycles. The van der Waals surface area contributed by atoms with Gasteiger partial charge in [-0.15, -0.1) is 0 Å². The Hall–Kier alpha value is -1.99. The summed E-state index contributed by atoms with van der Waals surface area (Å²) < 4.78 is 5.52. The van der Waals surface area contributed by atoms with Gasteiger partial charge >= 0.3 is 0 Å². The van der Waals surface area contributed by atoms with Crippen LogP contribution < -0.4 is 5.56 Å². The summed E-state index contributed by atoms with van der Waals surface area (Å²) in [5.41, 5.74) is 5.63. The molecule has 1 aromatic carbocycles. The summed E-state index contributed by atoms with van der Waals surface area (Å²) in [6, 6.07) is 7.59. The van der Waals surface area contributed by atoms with Crippen LogP contribution in [0.4, 0.5) is 0 Å². The lowest BCUT2D eigenvalue weighted by Gasteiger charge is -2.10. The van der Waals surface area contributed by atoms with Crippen LogP contribution in [0.2, 0.25) is 0 Å². The van der Waals surface area contributed by atoms with E-state index in [0.29, 0.717) is 6.37 Å². The Balaban J connectivity index is 1.89. The van der Waals surface area contributed by atoms with E-state index in [1.54, 1.807) is 15.3 Å². The zero-order valence-electron chi connectivity index (χ0n) is 13.6. The second-order valence-corrected chi connectivity index (χ2v) is 7.95. The quantitative estimate of drug-likeness (QED) is 0.344. The highest BCUT2D eigenvalue weighted by Gasteiger charge is 2.10. The van der Waals surface area contributed by atoms with Crippen LogP contribution in [0.5, 0.6) is 0 Å². The maximum Gasteiger partial charge on any atom is 0.255 e. The fourth-order valence-electron chi connectivity index (χ4n) is 2.91. The van der Waals surface area contributed by atoms with E-state index in [4.69, 9.17) is 0 Å². The Morgan fingerprint density at radius 2 is 2.04 bits per heavy atom. The standard InChI is InChI=1S/C17H15IN5OP/c1-11-5-17(24)22(9-14(11)12-7-20-21(2)8-12)13-3-4-16-15(6-13)19-10-23(16)25-18/h3-10,25H,1-2H3. The number of rotatable bonds is 3. The molecule has 1 unspecified atom stereocenters. The average molecular weight is 463 g/mol. The lowest BCUT2D eigenvalue weighted by atomic mass is 10.1. The normalized spacial score (nSPS) is 11.8. The topological polar surface area (TPSA) is 57.6 Å². The Bertz CT molecular complexity index is 1140. The molecule has 6 nitrogen and oxygen atoms in total. The lowest BCUT2D eigenvalue weighted by molar-refractivity contribution is 0.768. The molecule has 0 bridgehead atoms. The van der Waals surface area contributed by atoms with Crippen molar-refractivity contribution >= 4 is 39.4 Å². The second-order valence-electron chi connectivity index (χ2n) is 5.85. The van der Waals surface area contributed by atoms with Crippen LogP contribution in [-0.4, -0.2) is 23.7 Å². The number of fused-ring (bicyclic) bond motifs is 1. The van der Waals surface area contributed by atoms with E-state index in [1.165, 1.54) is 0 Å². The van der Waals surface area contributed by atoms with Crippen molar-refractivity contribution in [3.05, 3.63) is 65.1 Å². The molecule has 0 spiro atoms. The molecule has 0 N–H and O–H groups in total. The monoisotopic (exact) mass is 463 g/mol. The van der Waals surface area contributed by atoms with Gasteiger partial charge in [0.25, 0.3) is 5.56 Å². The van der Waals surface area contributed by atoms with Gasteiger partial charge in [-0.1, -0.05) is 0 Å². The molecule has 1 atom stereocenters. The van der Waals surface area contributed by atoms with Crippen molar-refractivity contribution in [2.75, 3.05) is 0 Å².